The number of nitriles is 1. The maximum Gasteiger partial charge on any atom is 0.120 e. The Kier molecular flexibility index (Phi) is 5.25. The smallest absolute Gasteiger partial charge is 0.120 e. The quantitative estimate of drug-likeness (QED) is 0.825. The predicted octanol–water partition coefficient (Wildman–Crippen LogP) is 3.84. The number of rotatable bonds is 5. The molecule has 0 heterocycles. The maximum atomic E-state index is 8.87. The molecule has 2 rings (SSSR count). The third-order valence-electron chi connectivity index (χ3n) is 4.61. The van der Waals surface area contributed by atoms with E-state index < -0.39 is 0 Å². The van der Waals surface area contributed by atoms with E-state index in [-0.39, 0.29) is 0 Å². The fourth-order valence-corrected chi connectivity index (χ4v) is 2.97. The molecule has 0 N–H and O–H groups in total. The van der Waals surface area contributed by atoms with E-state index in [1.165, 1.54) is 25.7 Å². The summed E-state index contributed by atoms with van der Waals surface area (Å²) in [5.74, 6) is 0.784. The molecule has 1 saturated carbocycles. The molecule has 0 amide bonds. The summed E-state index contributed by atoms with van der Waals surface area (Å²) >= 11 is 0. The van der Waals surface area contributed by atoms with E-state index in [0.29, 0.717) is 23.6 Å². The van der Waals surface area contributed by atoms with Gasteiger partial charge >= 0.3 is 0 Å². The average molecular weight is 286 g/mol. The van der Waals surface area contributed by atoms with Gasteiger partial charge in [-0.15, -0.1) is 0 Å². The molecule has 0 spiro atoms. The van der Waals surface area contributed by atoms with Crippen LogP contribution >= 0.6 is 0 Å². The van der Waals surface area contributed by atoms with Gasteiger partial charge in [0.15, 0.2) is 0 Å². The summed E-state index contributed by atoms with van der Waals surface area (Å²) in [6, 6.07) is 10.2. The maximum absolute atomic E-state index is 8.87. The lowest BCUT2D eigenvalue weighted by Gasteiger charge is -2.38. The standard InChI is InChI=1S/C18H26N2O/c1-18(2)9-7-16(8-10-18)20(3)11-12-21-17-6-4-5-15(13-17)14-19/h4-6,13,16H,7-12H2,1-3H3. The zero-order valence-electron chi connectivity index (χ0n) is 13.4. The lowest BCUT2D eigenvalue weighted by molar-refractivity contribution is 0.114. The van der Waals surface area contributed by atoms with Gasteiger partial charge in [0, 0.05) is 12.6 Å². The van der Waals surface area contributed by atoms with Crippen molar-refractivity contribution in [2.45, 2.75) is 45.6 Å². The Labute approximate surface area is 128 Å². The van der Waals surface area contributed by atoms with Gasteiger partial charge in [-0.25, -0.2) is 0 Å². The zero-order chi connectivity index (χ0) is 15.3. The SMILES string of the molecule is CN(CCOc1cccc(C#N)c1)C1CCC(C)(C)CC1. The van der Waals surface area contributed by atoms with E-state index in [9.17, 15) is 0 Å². The van der Waals surface area contributed by atoms with Gasteiger partial charge in [-0.3, -0.25) is 0 Å². The van der Waals surface area contributed by atoms with Gasteiger partial charge in [0.1, 0.15) is 12.4 Å². The second-order valence-electron chi connectivity index (χ2n) is 6.86. The molecule has 0 bridgehead atoms. The molecule has 0 atom stereocenters. The normalized spacial score (nSPS) is 18.4. The number of hydrogen-bond acceptors (Lipinski definition) is 3. The van der Waals surface area contributed by atoms with Crippen molar-refractivity contribution in [3.8, 4) is 11.8 Å². The summed E-state index contributed by atoms with van der Waals surface area (Å²) in [6.07, 6.45) is 5.20. The molecular formula is C18H26N2O. The monoisotopic (exact) mass is 286 g/mol. The van der Waals surface area contributed by atoms with E-state index in [0.717, 1.165) is 12.3 Å². The fraction of sp³-hybridized carbons (Fsp3) is 0.611. The summed E-state index contributed by atoms with van der Waals surface area (Å²) in [5.41, 5.74) is 1.17. The van der Waals surface area contributed by atoms with Crippen molar-refractivity contribution in [1.82, 2.24) is 4.90 Å². The van der Waals surface area contributed by atoms with E-state index in [4.69, 9.17) is 10.00 Å². The Hall–Kier alpha value is -1.53. The molecule has 0 radical (unpaired) electrons. The van der Waals surface area contributed by atoms with Gasteiger partial charge in [0.05, 0.1) is 11.6 Å². The van der Waals surface area contributed by atoms with Crippen LogP contribution < -0.4 is 4.74 Å². The van der Waals surface area contributed by atoms with Crippen molar-refractivity contribution >= 4 is 0 Å². The van der Waals surface area contributed by atoms with Gasteiger partial charge in [0.2, 0.25) is 0 Å². The highest BCUT2D eigenvalue weighted by Gasteiger charge is 2.28. The van der Waals surface area contributed by atoms with Crippen LogP contribution in [0.3, 0.4) is 0 Å². The minimum absolute atomic E-state index is 0.519. The van der Waals surface area contributed by atoms with Crippen LogP contribution in [0.1, 0.15) is 45.1 Å². The van der Waals surface area contributed by atoms with Crippen molar-refractivity contribution in [3.05, 3.63) is 29.8 Å². The molecule has 0 unspecified atom stereocenters. The molecule has 0 aliphatic heterocycles. The Bertz CT molecular complexity index is 494. The van der Waals surface area contributed by atoms with Crippen LogP contribution in [0, 0.1) is 16.7 Å². The summed E-state index contributed by atoms with van der Waals surface area (Å²) in [5, 5.41) is 8.87. The van der Waals surface area contributed by atoms with Crippen molar-refractivity contribution in [1.29, 1.82) is 5.26 Å². The highest BCUT2D eigenvalue weighted by Crippen LogP contribution is 2.36. The second kappa shape index (κ2) is 6.95. The highest BCUT2D eigenvalue weighted by atomic mass is 16.5. The third kappa shape index (κ3) is 4.75. The molecule has 114 valence electrons. The van der Waals surface area contributed by atoms with Crippen molar-refractivity contribution in [3.63, 3.8) is 0 Å². The zero-order valence-corrected chi connectivity index (χ0v) is 13.4. The number of benzene rings is 1. The topological polar surface area (TPSA) is 36.3 Å². The van der Waals surface area contributed by atoms with Crippen LogP contribution in [0.25, 0.3) is 0 Å². The number of hydrogen-bond donors (Lipinski definition) is 0. The molecule has 1 aliphatic rings. The van der Waals surface area contributed by atoms with Crippen molar-refractivity contribution in [2.24, 2.45) is 5.41 Å². The van der Waals surface area contributed by atoms with Gasteiger partial charge in [-0.2, -0.15) is 5.26 Å². The molecule has 3 heteroatoms. The molecule has 1 aliphatic carbocycles. The first-order chi connectivity index (χ1) is 10.00. The number of ether oxygens (including phenoxy) is 1. The van der Waals surface area contributed by atoms with Crippen LogP contribution in [0.15, 0.2) is 24.3 Å². The lowest BCUT2D eigenvalue weighted by Crippen LogP contribution is -2.39. The van der Waals surface area contributed by atoms with Crippen LogP contribution in [0.4, 0.5) is 0 Å². The Morgan fingerprint density at radius 2 is 2.05 bits per heavy atom. The third-order valence-corrected chi connectivity index (χ3v) is 4.61. The van der Waals surface area contributed by atoms with E-state index in [1.807, 2.05) is 12.1 Å². The molecule has 0 aromatic heterocycles. The van der Waals surface area contributed by atoms with E-state index >= 15 is 0 Å². The van der Waals surface area contributed by atoms with E-state index in [1.54, 1.807) is 12.1 Å². The first-order valence-electron chi connectivity index (χ1n) is 7.83. The Balaban J connectivity index is 1.74. The van der Waals surface area contributed by atoms with E-state index in [2.05, 4.69) is 31.9 Å². The molecule has 3 nitrogen and oxygen atoms in total. The average Bonchev–Trinajstić information content (AvgIpc) is 2.47. The molecule has 0 saturated heterocycles. The predicted molar refractivity (Wildman–Crippen MR) is 85.3 cm³/mol. The van der Waals surface area contributed by atoms with Crippen LogP contribution in [0.5, 0.6) is 5.75 Å². The molecular weight excluding hydrogens is 260 g/mol. The summed E-state index contributed by atoms with van der Waals surface area (Å²) in [7, 11) is 2.19. The van der Waals surface area contributed by atoms with Crippen molar-refractivity contribution < 1.29 is 4.74 Å². The lowest BCUT2D eigenvalue weighted by atomic mass is 9.75. The number of nitrogens with zero attached hydrogens (tertiary/aromatic N) is 2. The fourth-order valence-electron chi connectivity index (χ4n) is 2.97. The first kappa shape index (κ1) is 15.9. The largest absolute Gasteiger partial charge is 0.492 e. The molecule has 1 aromatic rings. The summed E-state index contributed by atoms with van der Waals surface area (Å²) < 4.78 is 5.76. The van der Waals surface area contributed by atoms with Crippen LogP contribution in [0.2, 0.25) is 0 Å². The van der Waals surface area contributed by atoms with Crippen LogP contribution in [-0.4, -0.2) is 31.1 Å². The minimum atomic E-state index is 0.519. The first-order valence-corrected chi connectivity index (χ1v) is 7.83. The van der Waals surface area contributed by atoms with Crippen molar-refractivity contribution in [2.75, 3.05) is 20.2 Å². The van der Waals surface area contributed by atoms with Crippen LogP contribution in [-0.2, 0) is 0 Å². The highest BCUT2D eigenvalue weighted by molar-refractivity contribution is 5.36. The molecule has 1 aromatic carbocycles. The Morgan fingerprint density at radius 1 is 1.33 bits per heavy atom. The number of likely N-dealkylation sites (N-methyl/N-ethyl adjacent to an activating group) is 1. The molecule has 21 heavy (non-hydrogen) atoms. The molecule has 1 fully saturated rings. The van der Waals surface area contributed by atoms with Gasteiger partial charge in [-0.05, 0) is 56.3 Å². The van der Waals surface area contributed by atoms with Gasteiger partial charge in [0.25, 0.3) is 0 Å². The summed E-state index contributed by atoms with van der Waals surface area (Å²) in [4.78, 5) is 2.42. The Morgan fingerprint density at radius 3 is 2.71 bits per heavy atom. The second-order valence-corrected chi connectivity index (χ2v) is 6.86. The van der Waals surface area contributed by atoms with Gasteiger partial charge < -0.3 is 9.64 Å². The van der Waals surface area contributed by atoms with Gasteiger partial charge in [-0.1, -0.05) is 19.9 Å². The minimum Gasteiger partial charge on any atom is -0.492 e. The summed E-state index contributed by atoms with van der Waals surface area (Å²) in [6.45, 7) is 6.34.